The summed E-state index contributed by atoms with van der Waals surface area (Å²) in [5.74, 6) is -0.540. The molecular formula is C13H10F3N7O3. The molecule has 13 heteroatoms. The van der Waals surface area contributed by atoms with Crippen LogP contribution < -0.4 is 5.32 Å². The maximum Gasteiger partial charge on any atom is 0.416 e. The molecule has 0 aliphatic carbocycles. The molecule has 0 radical (unpaired) electrons. The van der Waals surface area contributed by atoms with E-state index in [4.69, 9.17) is 0 Å². The van der Waals surface area contributed by atoms with Crippen molar-refractivity contribution in [1.82, 2.24) is 30.5 Å². The smallest absolute Gasteiger partial charge is 0.416 e. The van der Waals surface area contributed by atoms with E-state index in [1.165, 1.54) is 23.9 Å². The van der Waals surface area contributed by atoms with Crippen molar-refractivity contribution in [1.29, 1.82) is 0 Å². The van der Waals surface area contributed by atoms with E-state index in [1.807, 2.05) is 0 Å². The second-order valence-electron chi connectivity index (χ2n) is 4.87. The number of methoxy groups -OCH3 is 1. The van der Waals surface area contributed by atoms with Crippen LogP contribution in [0.1, 0.15) is 16.1 Å². The first-order valence-corrected chi connectivity index (χ1v) is 6.98. The fourth-order valence-electron chi connectivity index (χ4n) is 2.01. The Morgan fingerprint density at radius 1 is 1.27 bits per heavy atom. The lowest BCUT2D eigenvalue weighted by molar-refractivity contribution is -0.137. The maximum atomic E-state index is 12.6. The molecule has 0 spiro atoms. The molecule has 3 rings (SSSR count). The number of hydrogen-bond donors (Lipinski definition) is 1. The van der Waals surface area contributed by atoms with Crippen molar-refractivity contribution in [2.24, 2.45) is 0 Å². The van der Waals surface area contributed by atoms with Crippen molar-refractivity contribution in [3.8, 4) is 11.4 Å². The van der Waals surface area contributed by atoms with Gasteiger partial charge in [-0.05, 0) is 32.9 Å². The predicted octanol–water partition coefficient (Wildman–Crippen LogP) is 1.60. The molecule has 136 valence electrons. The van der Waals surface area contributed by atoms with Crippen LogP contribution >= 0.6 is 0 Å². The third kappa shape index (κ3) is 3.45. The van der Waals surface area contributed by atoms with E-state index >= 15 is 0 Å². The van der Waals surface area contributed by atoms with Crippen molar-refractivity contribution in [2.75, 3.05) is 12.4 Å². The molecule has 1 N–H and O–H groups in total. The van der Waals surface area contributed by atoms with E-state index < -0.39 is 17.7 Å². The van der Waals surface area contributed by atoms with Gasteiger partial charge in [0.1, 0.15) is 6.67 Å². The van der Waals surface area contributed by atoms with Crippen LogP contribution in [0.15, 0.2) is 28.9 Å². The molecule has 2 aromatic heterocycles. The van der Waals surface area contributed by atoms with Crippen LogP contribution in [-0.2, 0) is 17.6 Å². The highest BCUT2D eigenvalue weighted by Gasteiger charge is 2.30. The van der Waals surface area contributed by atoms with Crippen LogP contribution in [0.5, 0.6) is 0 Å². The van der Waals surface area contributed by atoms with Gasteiger partial charge in [-0.15, -0.1) is 5.10 Å². The SMILES string of the molecule is COC(=O)c1nonc1NCn1nnnc1-c1ccc(C(F)(F)F)cc1. The molecule has 0 atom stereocenters. The first kappa shape index (κ1) is 17.3. The Morgan fingerprint density at radius 2 is 2.00 bits per heavy atom. The van der Waals surface area contributed by atoms with E-state index in [0.717, 1.165) is 12.1 Å². The van der Waals surface area contributed by atoms with Crippen molar-refractivity contribution < 1.29 is 27.3 Å². The fourth-order valence-corrected chi connectivity index (χ4v) is 2.01. The van der Waals surface area contributed by atoms with Gasteiger partial charge in [0.05, 0.1) is 12.7 Å². The van der Waals surface area contributed by atoms with Crippen LogP contribution in [0.25, 0.3) is 11.4 Å². The number of halogens is 3. The number of aromatic nitrogens is 6. The molecule has 0 aliphatic heterocycles. The summed E-state index contributed by atoms with van der Waals surface area (Å²) < 4.78 is 48.2. The largest absolute Gasteiger partial charge is 0.464 e. The lowest BCUT2D eigenvalue weighted by atomic mass is 10.1. The predicted molar refractivity (Wildman–Crippen MR) is 77.5 cm³/mol. The van der Waals surface area contributed by atoms with Gasteiger partial charge in [0.25, 0.3) is 0 Å². The van der Waals surface area contributed by atoms with Crippen LogP contribution in [0, 0.1) is 0 Å². The molecule has 0 amide bonds. The first-order valence-electron chi connectivity index (χ1n) is 6.98. The molecule has 10 nitrogen and oxygen atoms in total. The number of carbonyl (C=O) groups is 1. The quantitative estimate of drug-likeness (QED) is 0.668. The second-order valence-corrected chi connectivity index (χ2v) is 4.87. The Bertz CT molecular complexity index is 904. The summed E-state index contributed by atoms with van der Waals surface area (Å²) >= 11 is 0. The van der Waals surface area contributed by atoms with Gasteiger partial charge in [0.15, 0.2) is 5.82 Å². The van der Waals surface area contributed by atoms with Crippen molar-refractivity contribution in [3.05, 3.63) is 35.5 Å². The number of carbonyl (C=O) groups excluding carboxylic acids is 1. The number of nitrogens with one attached hydrogen (secondary N) is 1. The Morgan fingerprint density at radius 3 is 2.65 bits per heavy atom. The van der Waals surface area contributed by atoms with Gasteiger partial charge in [-0.1, -0.05) is 12.1 Å². The summed E-state index contributed by atoms with van der Waals surface area (Å²) in [5.41, 5.74) is -0.581. The van der Waals surface area contributed by atoms with Crippen molar-refractivity contribution in [2.45, 2.75) is 12.8 Å². The number of anilines is 1. The minimum atomic E-state index is -4.43. The summed E-state index contributed by atoms with van der Waals surface area (Å²) in [4.78, 5) is 11.5. The van der Waals surface area contributed by atoms with Gasteiger partial charge in [0.2, 0.25) is 11.5 Å². The minimum Gasteiger partial charge on any atom is -0.464 e. The van der Waals surface area contributed by atoms with E-state index in [-0.39, 0.29) is 24.0 Å². The van der Waals surface area contributed by atoms with E-state index in [9.17, 15) is 18.0 Å². The van der Waals surface area contributed by atoms with Gasteiger partial charge in [-0.2, -0.15) is 13.2 Å². The average molecular weight is 369 g/mol. The highest BCUT2D eigenvalue weighted by Crippen LogP contribution is 2.30. The van der Waals surface area contributed by atoms with Crippen LogP contribution in [0.2, 0.25) is 0 Å². The number of nitrogens with zero attached hydrogens (tertiary/aromatic N) is 6. The molecule has 26 heavy (non-hydrogen) atoms. The third-order valence-electron chi connectivity index (χ3n) is 3.27. The zero-order valence-electron chi connectivity index (χ0n) is 13.1. The summed E-state index contributed by atoms with van der Waals surface area (Å²) in [5, 5.41) is 20.7. The third-order valence-corrected chi connectivity index (χ3v) is 3.27. The lowest BCUT2D eigenvalue weighted by Crippen LogP contribution is -2.14. The Balaban J connectivity index is 1.77. The normalized spacial score (nSPS) is 11.4. The van der Waals surface area contributed by atoms with Gasteiger partial charge in [-0.25, -0.2) is 14.1 Å². The highest BCUT2D eigenvalue weighted by molar-refractivity contribution is 5.91. The van der Waals surface area contributed by atoms with Crippen molar-refractivity contribution >= 4 is 11.8 Å². The number of alkyl halides is 3. The zero-order valence-corrected chi connectivity index (χ0v) is 13.1. The highest BCUT2D eigenvalue weighted by atomic mass is 19.4. The minimum absolute atomic E-state index is 0.00530. The summed E-state index contributed by atoms with van der Waals surface area (Å²) in [6.07, 6.45) is -4.43. The van der Waals surface area contributed by atoms with Gasteiger partial charge < -0.3 is 10.1 Å². The average Bonchev–Trinajstić information content (AvgIpc) is 3.27. The molecule has 0 unspecified atom stereocenters. The number of benzene rings is 1. The van der Waals surface area contributed by atoms with Crippen molar-refractivity contribution in [3.63, 3.8) is 0 Å². The molecule has 3 aromatic rings. The van der Waals surface area contributed by atoms with Crippen LogP contribution in [0.3, 0.4) is 0 Å². The standard InChI is InChI=1S/C13H10F3N7O3/c1-25-12(24)9-10(20-26-19-9)17-6-23-11(18-21-22-23)7-2-4-8(5-3-7)13(14,15)16/h2-5H,6H2,1H3,(H,17,20). The van der Waals surface area contributed by atoms with Gasteiger partial charge in [-0.3, -0.25) is 0 Å². The molecular weight excluding hydrogens is 359 g/mol. The molecule has 0 saturated carbocycles. The summed E-state index contributed by atoms with van der Waals surface area (Å²) in [6, 6.07) is 4.36. The van der Waals surface area contributed by atoms with Gasteiger partial charge >= 0.3 is 12.1 Å². The molecule has 0 fully saturated rings. The van der Waals surface area contributed by atoms with Crippen LogP contribution in [0.4, 0.5) is 19.0 Å². The fraction of sp³-hybridized carbons (Fsp3) is 0.231. The van der Waals surface area contributed by atoms with E-state index in [1.54, 1.807) is 0 Å². The van der Waals surface area contributed by atoms with Crippen LogP contribution in [-0.4, -0.2) is 43.6 Å². The lowest BCUT2D eigenvalue weighted by Gasteiger charge is -2.08. The Labute approximate surface area is 142 Å². The number of ether oxygens (including phenoxy) is 1. The first-order chi connectivity index (χ1) is 12.4. The number of rotatable bonds is 5. The molecule has 1 aromatic carbocycles. The Hall–Kier alpha value is -3.51. The Kier molecular flexibility index (Phi) is 4.51. The number of hydrogen-bond acceptors (Lipinski definition) is 9. The maximum absolute atomic E-state index is 12.6. The van der Waals surface area contributed by atoms with E-state index in [2.05, 4.69) is 40.5 Å². The zero-order chi connectivity index (χ0) is 18.7. The number of tetrazole rings is 1. The molecule has 2 heterocycles. The number of esters is 1. The summed E-state index contributed by atoms with van der Waals surface area (Å²) in [6.45, 7) is -0.0540. The topological polar surface area (TPSA) is 121 Å². The molecule has 0 aliphatic rings. The van der Waals surface area contributed by atoms with Gasteiger partial charge in [0, 0.05) is 5.56 Å². The second kappa shape index (κ2) is 6.78. The summed E-state index contributed by atoms with van der Waals surface area (Å²) in [7, 11) is 1.17. The molecule has 0 bridgehead atoms. The van der Waals surface area contributed by atoms with E-state index in [0.29, 0.717) is 5.56 Å². The molecule has 0 saturated heterocycles. The monoisotopic (exact) mass is 369 g/mol.